The number of nitrogens with zero attached hydrogens (tertiary/aromatic N) is 2. The van der Waals surface area contributed by atoms with Crippen molar-refractivity contribution in [2.75, 3.05) is 45.2 Å². The summed E-state index contributed by atoms with van der Waals surface area (Å²) in [5.41, 5.74) is 0.621. The molecule has 4 heterocycles. The molecule has 216 valence electrons. The van der Waals surface area contributed by atoms with E-state index in [0.717, 1.165) is 61.4 Å². The van der Waals surface area contributed by atoms with Crippen molar-refractivity contribution in [1.82, 2.24) is 15.1 Å². The minimum Gasteiger partial charge on any atom is -0.497 e. The van der Waals surface area contributed by atoms with Gasteiger partial charge in [0.2, 0.25) is 0 Å². The van der Waals surface area contributed by atoms with Crippen molar-refractivity contribution in [3.63, 3.8) is 0 Å². The molecule has 3 aliphatic rings. The summed E-state index contributed by atoms with van der Waals surface area (Å²) in [6, 6.07) is 9.56. The Morgan fingerprint density at radius 2 is 1.95 bits per heavy atom. The van der Waals surface area contributed by atoms with Gasteiger partial charge in [0.25, 0.3) is 5.91 Å². The summed E-state index contributed by atoms with van der Waals surface area (Å²) in [5.74, 6) is 0.603. The quantitative estimate of drug-likeness (QED) is 0.477. The minimum atomic E-state index is -0.403. The van der Waals surface area contributed by atoms with Crippen LogP contribution in [-0.2, 0) is 9.53 Å². The van der Waals surface area contributed by atoms with Gasteiger partial charge in [-0.3, -0.25) is 19.8 Å². The number of anilines is 1. The zero-order valence-electron chi connectivity index (χ0n) is 23.9. The summed E-state index contributed by atoms with van der Waals surface area (Å²) in [5, 5.41) is 6.18. The van der Waals surface area contributed by atoms with Crippen LogP contribution in [-0.4, -0.2) is 79.2 Å². The number of methoxy groups -OCH3 is 1. The molecule has 0 bridgehead atoms. The Labute approximate surface area is 240 Å². The van der Waals surface area contributed by atoms with Gasteiger partial charge >= 0.3 is 12.0 Å². The first-order chi connectivity index (χ1) is 19.1. The predicted molar refractivity (Wildman–Crippen MR) is 156 cm³/mol. The molecule has 5 rings (SSSR count). The number of ether oxygens (including phenoxy) is 2. The zero-order valence-corrected chi connectivity index (χ0v) is 24.7. The molecule has 1 atom stereocenters. The molecule has 2 aromatic rings. The molecule has 0 aliphatic carbocycles. The number of thiophene rings is 1. The summed E-state index contributed by atoms with van der Waals surface area (Å²) in [7, 11) is 1.62. The Morgan fingerprint density at radius 1 is 1.18 bits per heavy atom. The van der Waals surface area contributed by atoms with E-state index in [1.165, 1.54) is 11.3 Å². The van der Waals surface area contributed by atoms with Gasteiger partial charge in [-0.15, -0.1) is 11.3 Å². The molecule has 10 heteroatoms. The normalized spacial score (nSPS) is 23.2. The second kappa shape index (κ2) is 11.4. The van der Waals surface area contributed by atoms with E-state index in [-0.39, 0.29) is 17.9 Å². The second-order valence-electron chi connectivity index (χ2n) is 11.8. The molecule has 0 saturated carbocycles. The Hall–Kier alpha value is -3.11. The van der Waals surface area contributed by atoms with Crippen LogP contribution in [0.3, 0.4) is 0 Å². The third-order valence-corrected chi connectivity index (χ3v) is 9.42. The number of cyclic esters (lactones) is 1. The lowest BCUT2D eigenvalue weighted by molar-refractivity contribution is -0.154. The van der Waals surface area contributed by atoms with E-state index in [9.17, 15) is 14.4 Å². The number of carbonyl (C=O) groups is 3. The lowest BCUT2D eigenvalue weighted by Gasteiger charge is -2.44. The molecule has 2 N–H and O–H groups in total. The Balaban J connectivity index is 1.29. The van der Waals surface area contributed by atoms with Crippen LogP contribution in [0.4, 0.5) is 9.80 Å². The highest BCUT2D eigenvalue weighted by molar-refractivity contribution is 7.20. The average Bonchev–Trinajstić information content (AvgIpc) is 3.45. The standard InChI is InChI=1S/C30H40N4O5S/c1-5-31-28(37)32-25-23(17-24(40-25)20-8-6-9-22(16-20)38-4)26(35)33-14-10-21(11-15-33)34-13-7-12-30(19-34)18-29(2,3)39-27(30)36/h6,8-9,16-17,21H,5,7,10-15,18-19H2,1-4H3,(H2,31,32,37). The van der Waals surface area contributed by atoms with Crippen molar-refractivity contribution in [2.24, 2.45) is 5.41 Å². The maximum absolute atomic E-state index is 13.8. The molecule has 3 aliphatic heterocycles. The van der Waals surface area contributed by atoms with E-state index in [1.54, 1.807) is 7.11 Å². The van der Waals surface area contributed by atoms with Crippen LogP contribution in [0.1, 0.15) is 63.2 Å². The maximum Gasteiger partial charge on any atom is 0.319 e. The van der Waals surface area contributed by atoms with Gasteiger partial charge in [0, 0.05) is 43.5 Å². The number of hydrogen-bond donors (Lipinski definition) is 2. The van der Waals surface area contributed by atoms with E-state index < -0.39 is 11.0 Å². The van der Waals surface area contributed by atoms with Crippen molar-refractivity contribution in [1.29, 1.82) is 0 Å². The van der Waals surface area contributed by atoms with E-state index in [4.69, 9.17) is 9.47 Å². The van der Waals surface area contributed by atoms with Crippen LogP contribution in [0.15, 0.2) is 30.3 Å². The number of rotatable bonds is 6. The van der Waals surface area contributed by atoms with Crippen LogP contribution in [0.5, 0.6) is 5.75 Å². The van der Waals surface area contributed by atoms with Crippen LogP contribution in [0.2, 0.25) is 0 Å². The number of likely N-dealkylation sites (tertiary alicyclic amines) is 2. The Morgan fingerprint density at radius 3 is 2.62 bits per heavy atom. The SMILES string of the molecule is CCNC(=O)Nc1sc(-c2cccc(OC)c2)cc1C(=O)N1CCC(N2CCCC3(C2)CC(C)(C)OC3=O)CC1. The fraction of sp³-hybridized carbons (Fsp3) is 0.567. The third kappa shape index (κ3) is 5.83. The molecule has 3 saturated heterocycles. The number of esters is 1. The first-order valence-electron chi connectivity index (χ1n) is 14.2. The molecule has 9 nitrogen and oxygen atoms in total. The van der Waals surface area contributed by atoms with Gasteiger partial charge < -0.3 is 19.7 Å². The van der Waals surface area contributed by atoms with Gasteiger partial charge in [-0.1, -0.05) is 12.1 Å². The molecular formula is C30H40N4O5S. The van der Waals surface area contributed by atoms with E-state index in [0.29, 0.717) is 36.2 Å². The third-order valence-electron chi connectivity index (χ3n) is 8.32. The number of benzene rings is 1. The number of amides is 3. The fourth-order valence-corrected chi connectivity index (χ4v) is 7.59. The summed E-state index contributed by atoms with van der Waals surface area (Å²) >= 11 is 1.39. The summed E-state index contributed by atoms with van der Waals surface area (Å²) in [4.78, 5) is 44.3. The highest BCUT2D eigenvalue weighted by atomic mass is 32.1. The van der Waals surface area contributed by atoms with Crippen LogP contribution < -0.4 is 15.4 Å². The number of nitrogens with one attached hydrogen (secondary N) is 2. The van der Waals surface area contributed by atoms with E-state index in [2.05, 4.69) is 15.5 Å². The highest BCUT2D eigenvalue weighted by Crippen LogP contribution is 2.47. The van der Waals surface area contributed by atoms with Gasteiger partial charge in [-0.25, -0.2) is 4.79 Å². The summed E-state index contributed by atoms with van der Waals surface area (Å²) < 4.78 is 11.1. The molecule has 1 spiro atoms. The van der Waals surface area contributed by atoms with Gasteiger partial charge in [0.1, 0.15) is 16.4 Å². The molecular weight excluding hydrogens is 528 g/mol. The summed E-state index contributed by atoms with van der Waals surface area (Å²) in [6.07, 6.45) is 4.35. The van der Waals surface area contributed by atoms with Gasteiger partial charge in [-0.2, -0.15) is 0 Å². The highest BCUT2D eigenvalue weighted by Gasteiger charge is 2.54. The van der Waals surface area contributed by atoms with Crippen molar-refractivity contribution in [3.8, 4) is 16.2 Å². The number of urea groups is 1. The van der Waals surface area contributed by atoms with E-state index in [1.807, 2.05) is 56.0 Å². The van der Waals surface area contributed by atoms with Crippen LogP contribution in [0, 0.1) is 5.41 Å². The van der Waals surface area contributed by atoms with Gasteiger partial charge in [0.15, 0.2) is 0 Å². The monoisotopic (exact) mass is 568 g/mol. The first-order valence-corrected chi connectivity index (χ1v) is 15.0. The number of hydrogen-bond acceptors (Lipinski definition) is 7. The van der Waals surface area contributed by atoms with E-state index >= 15 is 0 Å². The van der Waals surface area contributed by atoms with Crippen molar-refractivity contribution >= 4 is 34.2 Å². The van der Waals surface area contributed by atoms with Crippen molar-refractivity contribution in [2.45, 2.75) is 64.5 Å². The largest absolute Gasteiger partial charge is 0.497 e. The zero-order chi connectivity index (χ0) is 28.5. The van der Waals surface area contributed by atoms with Gasteiger partial charge in [0.05, 0.1) is 18.1 Å². The predicted octanol–water partition coefficient (Wildman–Crippen LogP) is 4.98. The first kappa shape index (κ1) is 28.4. The smallest absolute Gasteiger partial charge is 0.319 e. The Kier molecular flexibility index (Phi) is 8.10. The molecule has 3 amide bonds. The molecule has 1 unspecified atom stereocenters. The number of piperidine rings is 2. The topological polar surface area (TPSA) is 100 Å². The minimum absolute atomic E-state index is 0.0498. The molecule has 1 aromatic carbocycles. The second-order valence-corrected chi connectivity index (χ2v) is 12.8. The van der Waals surface area contributed by atoms with Crippen LogP contribution in [0.25, 0.3) is 10.4 Å². The van der Waals surface area contributed by atoms with Crippen molar-refractivity contribution in [3.05, 3.63) is 35.9 Å². The lowest BCUT2D eigenvalue weighted by atomic mass is 9.74. The lowest BCUT2D eigenvalue weighted by Crippen LogP contribution is -2.53. The molecule has 40 heavy (non-hydrogen) atoms. The fourth-order valence-electron chi connectivity index (χ4n) is 6.55. The Bertz CT molecular complexity index is 1270. The van der Waals surface area contributed by atoms with Crippen LogP contribution >= 0.6 is 11.3 Å². The summed E-state index contributed by atoms with van der Waals surface area (Å²) in [6.45, 7) is 9.33. The maximum atomic E-state index is 13.8. The van der Waals surface area contributed by atoms with Gasteiger partial charge in [-0.05, 0) is 76.8 Å². The average molecular weight is 569 g/mol. The van der Waals surface area contributed by atoms with Crippen molar-refractivity contribution < 1.29 is 23.9 Å². The molecule has 0 radical (unpaired) electrons. The number of carbonyl (C=O) groups excluding carboxylic acids is 3. The molecule has 3 fully saturated rings. The molecule has 1 aromatic heterocycles.